The maximum atomic E-state index is 13.1. The molecule has 1 aliphatic carbocycles. The first-order chi connectivity index (χ1) is 15.0. The van der Waals surface area contributed by atoms with Crippen molar-refractivity contribution in [3.8, 4) is 0 Å². The van der Waals surface area contributed by atoms with Gasteiger partial charge in [-0.25, -0.2) is 4.39 Å². The molecule has 1 atom stereocenters. The van der Waals surface area contributed by atoms with Crippen molar-refractivity contribution >= 4 is 21.8 Å². The summed E-state index contributed by atoms with van der Waals surface area (Å²) in [5.41, 5.74) is 3.83. The first-order valence-electron chi connectivity index (χ1n) is 11.8. The van der Waals surface area contributed by atoms with Crippen LogP contribution < -0.4 is 0 Å². The molecule has 176 valence electrons. The molecule has 1 saturated carbocycles. The van der Waals surface area contributed by atoms with E-state index in [0.717, 1.165) is 47.7 Å². The van der Waals surface area contributed by atoms with Crippen LogP contribution in [0.25, 0.3) is 0 Å². The summed E-state index contributed by atoms with van der Waals surface area (Å²) in [7, 11) is 0. The molecule has 3 rings (SSSR count). The van der Waals surface area contributed by atoms with Crippen LogP contribution in [0.5, 0.6) is 0 Å². The average molecular weight is 504 g/mol. The highest BCUT2D eigenvalue weighted by molar-refractivity contribution is 9.10. The molecule has 0 aromatic heterocycles. The number of aryl methyl sites for hydroxylation is 2. The molecule has 1 aliphatic heterocycles. The average Bonchev–Trinajstić information content (AvgIpc) is 3.32. The van der Waals surface area contributed by atoms with Gasteiger partial charge in [-0.15, -0.1) is 0 Å². The van der Waals surface area contributed by atoms with E-state index >= 15 is 0 Å². The van der Waals surface area contributed by atoms with Gasteiger partial charge in [0.25, 0.3) is 0 Å². The number of amidine groups is 1. The molecule has 2 aliphatic rings. The number of benzene rings is 1. The van der Waals surface area contributed by atoms with E-state index in [4.69, 9.17) is 4.99 Å². The molecule has 4 heteroatoms. The third-order valence-corrected chi connectivity index (χ3v) is 6.51. The van der Waals surface area contributed by atoms with Crippen LogP contribution in [0.3, 0.4) is 0 Å². The van der Waals surface area contributed by atoms with Gasteiger partial charge in [-0.2, -0.15) is 0 Å². The lowest BCUT2D eigenvalue weighted by atomic mass is 9.90. The lowest BCUT2D eigenvalue weighted by molar-refractivity contribution is 0.256. The van der Waals surface area contributed by atoms with Crippen molar-refractivity contribution in [3.63, 3.8) is 0 Å². The molecule has 1 aromatic rings. The number of nitrogens with zero attached hydrogens (tertiary/aromatic N) is 2. The number of halogens is 2. The highest BCUT2D eigenvalue weighted by Crippen LogP contribution is 2.28. The van der Waals surface area contributed by atoms with Crippen LogP contribution in [0, 0.1) is 18.8 Å². The second-order valence-corrected chi connectivity index (χ2v) is 11.1. The molecule has 32 heavy (non-hydrogen) atoms. The smallest absolute Gasteiger partial charge is 0.127 e. The highest BCUT2D eigenvalue weighted by atomic mass is 79.9. The molecule has 1 heterocycles. The number of allylic oxidation sites excluding steroid dienone is 4. The number of aliphatic imine (C=N–C) groups is 1. The summed E-state index contributed by atoms with van der Waals surface area (Å²) in [6.07, 6.45) is 10.1. The molecule has 0 amide bonds. The fraction of sp³-hybridized carbons (Fsp3) is 0.536. The Morgan fingerprint density at radius 3 is 2.56 bits per heavy atom. The summed E-state index contributed by atoms with van der Waals surface area (Å²) < 4.78 is 14.2. The molecule has 0 radical (unpaired) electrons. The lowest BCUT2D eigenvalue weighted by Gasteiger charge is -2.36. The number of hydrogen-bond acceptors (Lipinski definition) is 2. The minimum absolute atomic E-state index is 0.00241. The summed E-state index contributed by atoms with van der Waals surface area (Å²) >= 11 is 3.57. The van der Waals surface area contributed by atoms with Crippen molar-refractivity contribution in [1.82, 2.24) is 4.90 Å². The quantitative estimate of drug-likeness (QED) is 0.342. The number of hydrogen-bond donors (Lipinski definition) is 0. The van der Waals surface area contributed by atoms with Gasteiger partial charge < -0.3 is 4.90 Å². The molecule has 0 N–H and O–H groups in total. The Morgan fingerprint density at radius 1 is 1.34 bits per heavy atom. The van der Waals surface area contributed by atoms with Gasteiger partial charge in [0, 0.05) is 16.6 Å². The minimum atomic E-state index is -0.436. The van der Waals surface area contributed by atoms with Crippen LogP contribution in [0.1, 0.15) is 65.0 Å². The van der Waals surface area contributed by atoms with Gasteiger partial charge in [0.2, 0.25) is 0 Å². The molecular formula is C28H40BrFN2. The minimum Gasteiger partial charge on any atom is -0.350 e. The van der Waals surface area contributed by atoms with E-state index < -0.39 is 5.83 Å². The molecule has 0 saturated heterocycles. The monoisotopic (exact) mass is 502 g/mol. The Balaban J connectivity index is 0.000000813. The van der Waals surface area contributed by atoms with E-state index in [-0.39, 0.29) is 5.54 Å². The Bertz CT molecular complexity index is 872. The van der Waals surface area contributed by atoms with Gasteiger partial charge >= 0.3 is 0 Å². The van der Waals surface area contributed by atoms with Gasteiger partial charge in [0.1, 0.15) is 11.7 Å². The van der Waals surface area contributed by atoms with E-state index in [1.54, 1.807) is 6.08 Å². The zero-order chi connectivity index (χ0) is 23.9. The highest BCUT2D eigenvalue weighted by Gasteiger charge is 2.31. The summed E-state index contributed by atoms with van der Waals surface area (Å²) in [4.78, 5) is 7.17. The molecule has 1 fully saturated rings. The molecule has 0 bridgehead atoms. The van der Waals surface area contributed by atoms with Crippen LogP contribution in [-0.2, 0) is 6.42 Å². The first-order valence-corrected chi connectivity index (χ1v) is 12.6. The lowest BCUT2D eigenvalue weighted by Crippen LogP contribution is -2.45. The fourth-order valence-electron chi connectivity index (χ4n) is 3.67. The third kappa shape index (κ3) is 8.69. The zero-order valence-electron chi connectivity index (χ0n) is 20.7. The summed E-state index contributed by atoms with van der Waals surface area (Å²) in [5.74, 6) is 1.99. The third-order valence-electron chi connectivity index (χ3n) is 6.02. The van der Waals surface area contributed by atoms with Crippen molar-refractivity contribution in [2.24, 2.45) is 16.8 Å². The van der Waals surface area contributed by atoms with E-state index in [9.17, 15) is 4.39 Å². The summed E-state index contributed by atoms with van der Waals surface area (Å²) in [6, 6.07) is 6.43. The fourth-order valence-corrected chi connectivity index (χ4v) is 4.07. The number of rotatable bonds is 7. The van der Waals surface area contributed by atoms with E-state index in [0.29, 0.717) is 5.92 Å². The Labute approximate surface area is 203 Å². The van der Waals surface area contributed by atoms with E-state index in [2.05, 4.69) is 87.2 Å². The van der Waals surface area contributed by atoms with Gasteiger partial charge in [0.15, 0.2) is 0 Å². The normalized spacial score (nSPS) is 17.8. The van der Waals surface area contributed by atoms with Gasteiger partial charge in [0.05, 0.1) is 6.54 Å². The second-order valence-electron chi connectivity index (χ2n) is 10.1. The van der Waals surface area contributed by atoms with Crippen molar-refractivity contribution in [2.45, 2.75) is 72.8 Å². The molecule has 1 aromatic carbocycles. The Morgan fingerprint density at radius 2 is 2.00 bits per heavy atom. The van der Waals surface area contributed by atoms with Crippen LogP contribution in [0.4, 0.5) is 4.39 Å². The van der Waals surface area contributed by atoms with Crippen molar-refractivity contribution in [2.75, 3.05) is 13.1 Å². The summed E-state index contributed by atoms with van der Waals surface area (Å²) in [5, 5.41) is 0. The Kier molecular flexibility index (Phi) is 9.94. The predicted octanol–water partition coefficient (Wildman–Crippen LogP) is 8.22. The molecule has 0 spiro atoms. The van der Waals surface area contributed by atoms with E-state index in [1.165, 1.54) is 30.0 Å². The Hall–Kier alpha value is -1.68. The predicted molar refractivity (Wildman–Crippen MR) is 141 cm³/mol. The van der Waals surface area contributed by atoms with Gasteiger partial charge in [-0.1, -0.05) is 67.4 Å². The topological polar surface area (TPSA) is 15.6 Å². The standard InChI is InChI=1S/C24H32BrFN2.C4H8/c1-17-11-13-21(25)16-20(17)12-10-18(2)22(9-7-8-19(3)26)23-27-14-15-28(23)24(4,5)6;1-4-2-3-4/h7-9,11,13,16,18H,3,10,12,14-15H2,1-2,4-6H3;4H,2-3H2,1H3/b8-7-,22-9+;. The van der Waals surface area contributed by atoms with Crippen molar-refractivity contribution in [1.29, 1.82) is 0 Å². The van der Waals surface area contributed by atoms with Crippen molar-refractivity contribution < 1.29 is 4.39 Å². The van der Waals surface area contributed by atoms with Gasteiger partial charge in [-0.3, -0.25) is 4.99 Å². The summed E-state index contributed by atoms with van der Waals surface area (Å²) in [6.45, 7) is 18.3. The second kappa shape index (κ2) is 12.0. The molecular weight excluding hydrogens is 463 g/mol. The zero-order valence-corrected chi connectivity index (χ0v) is 22.3. The van der Waals surface area contributed by atoms with Crippen molar-refractivity contribution in [3.05, 3.63) is 70.0 Å². The largest absolute Gasteiger partial charge is 0.350 e. The van der Waals surface area contributed by atoms with Gasteiger partial charge in [-0.05, 0) is 87.3 Å². The van der Waals surface area contributed by atoms with Crippen LogP contribution >= 0.6 is 15.9 Å². The van der Waals surface area contributed by atoms with Crippen LogP contribution in [0.2, 0.25) is 0 Å². The first kappa shape index (κ1) is 26.6. The maximum Gasteiger partial charge on any atom is 0.127 e. The molecule has 2 nitrogen and oxygen atoms in total. The maximum absolute atomic E-state index is 13.1. The molecule has 1 unspecified atom stereocenters. The SMILES string of the molecule is C=C(F)/C=C\C=C(\C1=NCCN1C(C)(C)C)C(C)CCc1cc(Br)ccc1C.CC1CC1. The van der Waals surface area contributed by atoms with Crippen LogP contribution in [0.15, 0.2) is 63.9 Å². The van der Waals surface area contributed by atoms with E-state index in [1.807, 2.05) is 6.08 Å². The van der Waals surface area contributed by atoms with Crippen LogP contribution in [-0.4, -0.2) is 29.4 Å².